The first kappa shape index (κ1) is 18.9. The summed E-state index contributed by atoms with van der Waals surface area (Å²) in [5.41, 5.74) is -0.114. The van der Waals surface area contributed by atoms with Crippen molar-refractivity contribution in [1.29, 1.82) is 0 Å². The van der Waals surface area contributed by atoms with E-state index in [-0.39, 0.29) is 17.9 Å². The standard InChI is InChI=1S/C18H17F3N2O4/c1-9-7-15(27-23-9)22-16(24)10(2)26-17(25)13-8-12(13)11-5-3-4-6-14(11)18(19,20)21/h3-7,10,12-13H,8H2,1-2H3,(H,22,24). The number of aromatic nitrogens is 1. The number of rotatable bonds is 5. The van der Waals surface area contributed by atoms with Crippen LogP contribution >= 0.6 is 0 Å². The minimum Gasteiger partial charge on any atom is -0.452 e. The number of carbonyl (C=O) groups is 2. The van der Waals surface area contributed by atoms with Crippen molar-refractivity contribution in [3.05, 3.63) is 47.2 Å². The molecule has 1 N–H and O–H groups in total. The third-order valence-corrected chi connectivity index (χ3v) is 4.30. The number of anilines is 1. The number of nitrogens with zero attached hydrogens (tertiary/aromatic N) is 1. The molecule has 1 aromatic heterocycles. The number of nitrogens with one attached hydrogen (secondary N) is 1. The molecule has 1 saturated carbocycles. The molecule has 3 atom stereocenters. The fourth-order valence-corrected chi connectivity index (χ4v) is 2.84. The molecule has 0 spiro atoms. The summed E-state index contributed by atoms with van der Waals surface area (Å²) in [5, 5.41) is 6.02. The molecule has 1 heterocycles. The Morgan fingerprint density at radius 3 is 2.67 bits per heavy atom. The quantitative estimate of drug-likeness (QED) is 0.798. The van der Waals surface area contributed by atoms with Crippen molar-refractivity contribution in [1.82, 2.24) is 5.16 Å². The van der Waals surface area contributed by atoms with Gasteiger partial charge in [0.15, 0.2) is 6.10 Å². The third-order valence-electron chi connectivity index (χ3n) is 4.30. The topological polar surface area (TPSA) is 81.4 Å². The Morgan fingerprint density at radius 1 is 1.33 bits per heavy atom. The number of carbonyl (C=O) groups excluding carboxylic acids is 2. The maximum absolute atomic E-state index is 13.1. The number of hydrogen-bond donors (Lipinski definition) is 1. The van der Waals surface area contributed by atoms with Crippen molar-refractivity contribution in [3.63, 3.8) is 0 Å². The van der Waals surface area contributed by atoms with Crippen molar-refractivity contribution >= 4 is 17.8 Å². The van der Waals surface area contributed by atoms with E-state index >= 15 is 0 Å². The molecule has 9 heteroatoms. The van der Waals surface area contributed by atoms with E-state index in [0.717, 1.165) is 6.07 Å². The van der Waals surface area contributed by atoms with Crippen molar-refractivity contribution in [2.45, 2.75) is 38.5 Å². The van der Waals surface area contributed by atoms with Crippen LogP contribution in [-0.2, 0) is 20.5 Å². The van der Waals surface area contributed by atoms with Crippen LogP contribution in [0.25, 0.3) is 0 Å². The second kappa shape index (κ2) is 7.05. The molecule has 27 heavy (non-hydrogen) atoms. The lowest BCUT2D eigenvalue weighted by Crippen LogP contribution is -2.30. The van der Waals surface area contributed by atoms with E-state index in [0.29, 0.717) is 5.69 Å². The number of ether oxygens (including phenoxy) is 1. The Bertz CT molecular complexity index is 862. The molecule has 6 nitrogen and oxygen atoms in total. The summed E-state index contributed by atoms with van der Waals surface area (Å²) in [6, 6.07) is 6.66. The number of benzene rings is 1. The fraction of sp³-hybridized carbons (Fsp3) is 0.389. The molecule has 3 rings (SSSR count). The van der Waals surface area contributed by atoms with Crippen LogP contribution < -0.4 is 5.32 Å². The van der Waals surface area contributed by atoms with Gasteiger partial charge in [0.25, 0.3) is 5.91 Å². The normalized spacial score (nSPS) is 20.0. The zero-order valence-corrected chi connectivity index (χ0v) is 14.5. The van der Waals surface area contributed by atoms with Crippen LogP contribution in [-0.4, -0.2) is 23.1 Å². The summed E-state index contributed by atoms with van der Waals surface area (Å²) in [4.78, 5) is 24.2. The Morgan fingerprint density at radius 2 is 2.04 bits per heavy atom. The molecule has 1 amide bonds. The van der Waals surface area contributed by atoms with E-state index in [2.05, 4.69) is 10.5 Å². The van der Waals surface area contributed by atoms with E-state index in [1.807, 2.05) is 0 Å². The number of aryl methyl sites for hydroxylation is 1. The second-order valence-corrected chi connectivity index (χ2v) is 6.43. The molecule has 3 unspecified atom stereocenters. The lowest BCUT2D eigenvalue weighted by atomic mass is 10.0. The van der Waals surface area contributed by atoms with Gasteiger partial charge in [-0.05, 0) is 37.8 Å². The van der Waals surface area contributed by atoms with Gasteiger partial charge in [0.05, 0.1) is 17.2 Å². The summed E-state index contributed by atoms with van der Waals surface area (Å²) >= 11 is 0. The summed E-state index contributed by atoms with van der Waals surface area (Å²) in [6.07, 6.45) is -5.36. The van der Waals surface area contributed by atoms with E-state index in [9.17, 15) is 22.8 Å². The van der Waals surface area contributed by atoms with Gasteiger partial charge < -0.3 is 9.26 Å². The molecule has 1 fully saturated rings. The first-order valence-electron chi connectivity index (χ1n) is 8.27. The second-order valence-electron chi connectivity index (χ2n) is 6.43. The average molecular weight is 382 g/mol. The summed E-state index contributed by atoms with van der Waals surface area (Å²) < 4.78 is 49.3. The molecule has 2 aromatic rings. The minimum absolute atomic E-state index is 0.0705. The lowest BCUT2D eigenvalue weighted by molar-refractivity contribution is -0.154. The molecule has 0 aliphatic heterocycles. The number of alkyl halides is 3. The van der Waals surface area contributed by atoms with Crippen LogP contribution in [0.1, 0.15) is 36.1 Å². The van der Waals surface area contributed by atoms with Gasteiger partial charge in [0.1, 0.15) is 0 Å². The van der Waals surface area contributed by atoms with Gasteiger partial charge in [-0.25, -0.2) is 0 Å². The van der Waals surface area contributed by atoms with Crippen molar-refractivity contribution in [2.75, 3.05) is 5.32 Å². The van der Waals surface area contributed by atoms with Gasteiger partial charge in [-0.3, -0.25) is 14.9 Å². The van der Waals surface area contributed by atoms with Crippen LogP contribution in [0.3, 0.4) is 0 Å². The SMILES string of the molecule is Cc1cc(NC(=O)C(C)OC(=O)C2CC2c2ccccc2C(F)(F)F)on1. The minimum atomic E-state index is -4.49. The van der Waals surface area contributed by atoms with Crippen molar-refractivity contribution in [2.24, 2.45) is 5.92 Å². The van der Waals surface area contributed by atoms with Crippen LogP contribution in [0.2, 0.25) is 0 Å². The predicted octanol–water partition coefficient (Wildman–Crippen LogP) is 3.68. The highest BCUT2D eigenvalue weighted by molar-refractivity contribution is 5.94. The Kier molecular flexibility index (Phi) is 4.95. The van der Waals surface area contributed by atoms with Gasteiger partial charge in [-0.1, -0.05) is 23.4 Å². The highest BCUT2D eigenvalue weighted by Crippen LogP contribution is 2.51. The Labute approximate surface area is 152 Å². The van der Waals surface area contributed by atoms with Gasteiger partial charge in [-0.15, -0.1) is 0 Å². The van der Waals surface area contributed by atoms with E-state index < -0.39 is 41.6 Å². The highest BCUT2D eigenvalue weighted by atomic mass is 19.4. The summed E-state index contributed by atoms with van der Waals surface area (Å²) in [5.74, 6) is -2.47. The van der Waals surface area contributed by atoms with Crippen molar-refractivity contribution < 1.29 is 32.0 Å². The van der Waals surface area contributed by atoms with Crippen molar-refractivity contribution in [3.8, 4) is 0 Å². The molecule has 1 aliphatic carbocycles. The predicted molar refractivity (Wildman–Crippen MR) is 87.7 cm³/mol. The Balaban J connectivity index is 1.60. The molecule has 0 bridgehead atoms. The molecule has 0 radical (unpaired) electrons. The first-order chi connectivity index (χ1) is 12.7. The molecular weight excluding hydrogens is 365 g/mol. The molecule has 1 aromatic carbocycles. The zero-order chi connectivity index (χ0) is 19.8. The van der Waals surface area contributed by atoms with E-state index in [1.165, 1.54) is 31.2 Å². The molecular formula is C18H17F3N2O4. The molecule has 0 saturated heterocycles. The monoisotopic (exact) mass is 382 g/mol. The lowest BCUT2D eigenvalue weighted by Gasteiger charge is -2.14. The van der Waals surface area contributed by atoms with Gasteiger partial charge in [0, 0.05) is 6.07 Å². The van der Waals surface area contributed by atoms with Gasteiger partial charge in [0.2, 0.25) is 5.88 Å². The molecule has 1 aliphatic rings. The smallest absolute Gasteiger partial charge is 0.416 e. The van der Waals surface area contributed by atoms with Gasteiger partial charge in [-0.2, -0.15) is 13.2 Å². The van der Waals surface area contributed by atoms with Crippen LogP contribution in [0.5, 0.6) is 0 Å². The summed E-state index contributed by atoms with van der Waals surface area (Å²) in [7, 11) is 0. The first-order valence-corrected chi connectivity index (χ1v) is 8.27. The van der Waals surface area contributed by atoms with Gasteiger partial charge >= 0.3 is 12.1 Å². The van der Waals surface area contributed by atoms with E-state index in [1.54, 1.807) is 6.92 Å². The van der Waals surface area contributed by atoms with E-state index in [4.69, 9.17) is 9.26 Å². The number of hydrogen-bond acceptors (Lipinski definition) is 5. The number of halogens is 3. The number of amides is 1. The average Bonchev–Trinajstić information content (AvgIpc) is 3.30. The summed E-state index contributed by atoms with van der Waals surface area (Å²) in [6.45, 7) is 3.05. The largest absolute Gasteiger partial charge is 0.452 e. The van der Waals surface area contributed by atoms with Crippen LogP contribution in [0.15, 0.2) is 34.9 Å². The maximum Gasteiger partial charge on any atom is 0.416 e. The Hall–Kier alpha value is -2.84. The zero-order valence-electron chi connectivity index (χ0n) is 14.5. The molecule has 144 valence electrons. The highest BCUT2D eigenvalue weighted by Gasteiger charge is 2.49. The number of esters is 1. The van der Waals surface area contributed by atoms with Crippen LogP contribution in [0.4, 0.5) is 19.1 Å². The third kappa shape index (κ3) is 4.29. The maximum atomic E-state index is 13.1. The van der Waals surface area contributed by atoms with Crippen LogP contribution in [0, 0.1) is 12.8 Å². The fourth-order valence-electron chi connectivity index (χ4n) is 2.84.